The number of aryl methyl sites for hydroxylation is 1. The molecule has 0 spiro atoms. The third-order valence-electron chi connectivity index (χ3n) is 6.00. The van der Waals surface area contributed by atoms with Crippen molar-refractivity contribution in [1.82, 2.24) is 15.4 Å². The van der Waals surface area contributed by atoms with Crippen molar-refractivity contribution >= 4 is 17.5 Å². The smallest absolute Gasteiger partial charge is 0.243 e. The van der Waals surface area contributed by atoms with Crippen molar-refractivity contribution < 1.29 is 14.1 Å². The third kappa shape index (κ3) is 4.83. The van der Waals surface area contributed by atoms with Gasteiger partial charge in [0.15, 0.2) is 0 Å². The summed E-state index contributed by atoms with van der Waals surface area (Å²) in [7, 11) is 0. The summed E-state index contributed by atoms with van der Waals surface area (Å²) in [6.45, 7) is 5.14. The second-order valence-electron chi connectivity index (χ2n) is 8.29. The number of likely N-dealkylation sites (tertiary alicyclic amines) is 1. The molecule has 1 atom stereocenters. The first kappa shape index (κ1) is 20.4. The molecule has 1 aromatic carbocycles. The molecule has 160 valence electrons. The Labute approximate surface area is 177 Å². The van der Waals surface area contributed by atoms with Gasteiger partial charge in [-0.1, -0.05) is 17.3 Å². The Bertz CT molecular complexity index is 871. The van der Waals surface area contributed by atoms with Crippen LogP contribution < -0.4 is 10.2 Å². The van der Waals surface area contributed by atoms with Crippen molar-refractivity contribution in [3.05, 3.63) is 47.3 Å². The average Bonchev–Trinajstić information content (AvgIpc) is 3.42. The van der Waals surface area contributed by atoms with Crippen LogP contribution in [0.5, 0.6) is 0 Å². The lowest BCUT2D eigenvalue weighted by Crippen LogP contribution is -2.46. The van der Waals surface area contributed by atoms with E-state index in [1.807, 2.05) is 6.92 Å². The molecule has 1 unspecified atom stereocenters. The number of benzene rings is 1. The molecule has 0 saturated carbocycles. The van der Waals surface area contributed by atoms with E-state index >= 15 is 0 Å². The number of nitrogens with one attached hydrogen (secondary N) is 1. The number of anilines is 1. The summed E-state index contributed by atoms with van der Waals surface area (Å²) in [5.74, 6) is 0.363. The number of piperidine rings is 1. The first-order valence-electron chi connectivity index (χ1n) is 10.9. The summed E-state index contributed by atoms with van der Waals surface area (Å²) in [5, 5.41) is 6.83. The highest BCUT2D eigenvalue weighted by molar-refractivity contribution is 5.88. The van der Waals surface area contributed by atoms with Crippen molar-refractivity contribution in [2.24, 2.45) is 0 Å². The Morgan fingerprint density at radius 2 is 1.87 bits per heavy atom. The summed E-state index contributed by atoms with van der Waals surface area (Å²) in [5.41, 5.74) is 3.07. The van der Waals surface area contributed by atoms with Gasteiger partial charge in [-0.05, 0) is 56.7 Å². The van der Waals surface area contributed by atoms with Gasteiger partial charge in [0, 0.05) is 37.9 Å². The van der Waals surface area contributed by atoms with Gasteiger partial charge in [0.05, 0.1) is 12.1 Å². The second kappa shape index (κ2) is 9.32. The summed E-state index contributed by atoms with van der Waals surface area (Å²) in [6.07, 6.45) is 5.50. The fraction of sp³-hybridized carbons (Fsp3) is 0.522. The monoisotopic (exact) mass is 410 g/mol. The van der Waals surface area contributed by atoms with E-state index < -0.39 is 6.04 Å². The fourth-order valence-corrected chi connectivity index (χ4v) is 4.37. The Balaban J connectivity index is 1.30. The van der Waals surface area contributed by atoms with E-state index in [0.29, 0.717) is 25.3 Å². The normalized spacial score (nSPS) is 19.2. The van der Waals surface area contributed by atoms with Gasteiger partial charge in [-0.25, -0.2) is 0 Å². The topological polar surface area (TPSA) is 78.7 Å². The molecule has 2 aliphatic heterocycles. The Kier molecular flexibility index (Phi) is 6.35. The van der Waals surface area contributed by atoms with Crippen LogP contribution in [-0.4, -0.2) is 47.5 Å². The minimum atomic E-state index is -0.408. The van der Waals surface area contributed by atoms with Gasteiger partial charge in [0.2, 0.25) is 11.8 Å². The predicted molar refractivity (Wildman–Crippen MR) is 114 cm³/mol. The Hall–Kier alpha value is -2.83. The van der Waals surface area contributed by atoms with Gasteiger partial charge in [-0.3, -0.25) is 9.59 Å². The van der Waals surface area contributed by atoms with Crippen LogP contribution in [0.3, 0.4) is 0 Å². The van der Waals surface area contributed by atoms with Crippen LogP contribution in [0.2, 0.25) is 0 Å². The van der Waals surface area contributed by atoms with Crippen LogP contribution in [0.15, 0.2) is 34.9 Å². The first-order valence-corrected chi connectivity index (χ1v) is 10.9. The molecule has 3 heterocycles. The molecule has 0 aliphatic carbocycles. The third-order valence-corrected chi connectivity index (χ3v) is 6.00. The molecule has 7 nitrogen and oxygen atoms in total. The first-order chi connectivity index (χ1) is 14.6. The van der Waals surface area contributed by atoms with Gasteiger partial charge >= 0.3 is 0 Å². The fourth-order valence-electron chi connectivity index (χ4n) is 4.37. The molecule has 0 bridgehead atoms. The molecule has 2 fully saturated rings. The lowest BCUT2D eigenvalue weighted by atomic mass is 10.1. The highest BCUT2D eigenvalue weighted by atomic mass is 16.5. The number of aromatic nitrogens is 1. The van der Waals surface area contributed by atoms with Gasteiger partial charge in [-0.15, -0.1) is 0 Å². The summed E-state index contributed by atoms with van der Waals surface area (Å²) < 4.78 is 5.15. The zero-order valence-corrected chi connectivity index (χ0v) is 17.6. The van der Waals surface area contributed by atoms with Gasteiger partial charge in [0.1, 0.15) is 11.8 Å². The number of carbonyl (C=O) groups excluding carboxylic acids is 2. The SMILES string of the molecule is Cc1cc(CC(=O)N2CCCC2C(=O)NCc2ccc(N3CCCCC3)cc2)on1. The van der Waals surface area contributed by atoms with Crippen LogP contribution >= 0.6 is 0 Å². The molecule has 1 aromatic heterocycles. The van der Waals surface area contributed by atoms with Crippen molar-refractivity contribution in [2.75, 3.05) is 24.5 Å². The van der Waals surface area contributed by atoms with E-state index in [1.54, 1.807) is 11.0 Å². The van der Waals surface area contributed by atoms with E-state index in [0.717, 1.165) is 30.8 Å². The van der Waals surface area contributed by atoms with E-state index in [9.17, 15) is 9.59 Å². The molecule has 30 heavy (non-hydrogen) atoms. The van der Waals surface area contributed by atoms with Crippen LogP contribution in [0.4, 0.5) is 5.69 Å². The van der Waals surface area contributed by atoms with Crippen LogP contribution in [-0.2, 0) is 22.6 Å². The Morgan fingerprint density at radius 3 is 2.57 bits per heavy atom. The molecule has 7 heteroatoms. The maximum absolute atomic E-state index is 12.8. The molecule has 2 amide bonds. The van der Waals surface area contributed by atoms with Crippen LogP contribution in [0.25, 0.3) is 0 Å². The molecule has 4 rings (SSSR count). The van der Waals surface area contributed by atoms with E-state index in [4.69, 9.17) is 4.52 Å². The van der Waals surface area contributed by atoms with Crippen molar-refractivity contribution in [3.8, 4) is 0 Å². The summed E-state index contributed by atoms with van der Waals surface area (Å²) in [4.78, 5) is 29.5. The van der Waals surface area contributed by atoms with E-state index in [2.05, 4.69) is 39.6 Å². The number of hydrogen-bond acceptors (Lipinski definition) is 5. The molecule has 2 aliphatic rings. The lowest BCUT2D eigenvalue weighted by molar-refractivity contribution is -0.138. The predicted octanol–water partition coefficient (Wildman–Crippen LogP) is 2.82. The van der Waals surface area contributed by atoms with Gasteiger partial charge < -0.3 is 19.6 Å². The quantitative estimate of drug-likeness (QED) is 0.792. The number of carbonyl (C=O) groups is 2. The number of nitrogens with zero attached hydrogens (tertiary/aromatic N) is 3. The summed E-state index contributed by atoms with van der Waals surface area (Å²) in [6, 6.07) is 9.78. The molecule has 1 N–H and O–H groups in total. The molecule has 2 aromatic rings. The largest absolute Gasteiger partial charge is 0.372 e. The van der Waals surface area contributed by atoms with E-state index in [-0.39, 0.29) is 18.2 Å². The maximum Gasteiger partial charge on any atom is 0.243 e. The molecular weight excluding hydrogens is 380 g/mol. The average molecular weight is 411 g/mol. The molecular formula is C23H30N4O3. The zero-order valence-electron chi connectivity index (χ0n) is 17.6. The van der Waals surface area contributed by atoms with Crippen LogP contribution in [0, 0.1) is 6.92 Å². The summed E-state index contributed by atoms with van der Waals surface area (Å²) >= 11 is 0. The molecule has 2 saturated heterocycles. The maximum atomic E-state index is 12.8. The Morgan fingerprint density at radius 1 is 1.10 bits per heavy atom. The minimum Gasteiger partial charge on any atom is -0.372 e. The number of hydrogen-bond donors (Lipinski definition) is 1. The van der Waals surface area contributed by atoms with Gasteiger partial charge in [0.25, 0.3) is 0 Å². The zero-order chi connectivity index (χ0) is 20.9. The minimum absolute atomic E-state index is 0.0882. The van der Waals surface area contributed by atoms with E-state index in [1.165, 1.54) is 24.9 Å². The van der Waals surface area contributed by atoms with Gasteiger partial charge in [-0.2, -0.15) is 0 Å². The van der Waals surface area contributed by atoms with Crippen molar-refractivity contribution in [1.29, 1.82) is 0 Å². The highest BCUT2D eigenvalue weighted by Gasteiger charge is 2.34. The lowest BCUT2D eigenvalue weighted by Gasteiger charge is -2.29. The second-order valence-corrected chi connectivity index (χ2v) is 8.29. The van der Waals surface area contributed by atoms with Crippen molar-refractivity contribution in [3.63, 3.8) is 0 Å². The number of rotatable bonds is 6. The highest BCUT2D eigenvalue weighted by Crippen LogP contribution is 2.21. The molecule has 0 radical (unpaired) electrons. The standard InChI is InChI=1S/C23H30N4O3/c1-17-14-20(30-25-17)15-22(28)27-13-5-6-21(27)23(29)24-16-18-7-9-19(10-8-18)26-11-3-2-4-12-26/h7-10,14,21H,2-6,11-13,15-16H2,1H3,(H,24,29). The van der Waals surface area contributed by atoms with Crippen LogP contribution in [0.1, 0.15) is 49.1 Å². The van der Waals surface area contributed by atoms with Crippen molar-refractivity contribution in [2.45, 2.75) is 58.0 Å². The number of amides is 2.